The molecular formula is C46H56Cl2SiZr. The van der Waals surface area contributed by atoms with Crippen molar-refractivity contribution < 1.29 is 46.1 Å². The summed E-state index contributed by atoms with van der Waals surface area (Å²) in [5.74, 6) is 2.64. The Kier molecular flexibility index (Phi) is 11.2. The van der Waals surface area contributed by atoms with Crippen LogP contribution in [0.15, 0.2) is 81.3 Å². The van der Waals surface area contributed by atoms with E-state index >= 15 is 0 Å². The van der Waals surface area contributed by atoms with E-state index < -0.39 is 29.3 Å². The fraction of sp³-hybridized carbons (Fsp3) is 0.413. The molecule has 50 heavy (non-hydrogen) atoms. The number of fused-ring (bicyclic) bond motifs is 8. The number of rotatable bonds is 5. The molecule has 4 aromatic carbocycles. The largest absolute Gasteiger partial charge is 1.00 e. The fourth-order valence-electron chi connectivity index (χ4n) is 10.0. The van der Waals surface area contributed by atoms with Crippen LogP contribution in [0.25, 0.3) is 21.9 Å². The molecule has 0 nitrogen and oxygen atoms in total. The van der Waals surface area contributed by atoms with Crippen molar-refractivity contribution in [1.29, 1.82) is 0 Å². The van der Waals surface area contributed by atoms with Crippen molar-refractivity contribution >= 4 is 22.6 Å². The molecule has 262 valence electrons. The Labute approximate surface area is 324 Å². The maximum Gasteiger partial charge on any atom is -1.00 e. The minimum absolute atomic E-state index is 0. The van der Waals surface area contributed by atoms with E-state index in [-0.39, 0.29) is 27.9 Å². The topological polar surface area (TPSA) is 0 Å². The Morgan fingerprint density at radius 2 is 1.40 bits per heavy atom. The summed E-state index contributed by atoms with van der Waals surface area (Å²) in [6, 6.07) is 23.4. The van der Waals surface area contributed by atoms with Crippen molar-refractivity contribution in [3.63, 3.8) is 0 Å². The number of halogens is 2. The van der Waals surface area contributed by atoms with Gasteiger partial charge in [0.15, 0.2) is 0 Å². The molecule has 0 N–H and O–H groups in total. The van der Waals surface area contributed by atoms with Crippen LogP contribution in [0.4, 0.5) is 0 Å². The molecule has 0 spiro atoms. The summed E-state index contributed by atoms with van der Waals surface area (Å²) in [5, 5.41) is 4.67. The molecule has 0 bridgehead atoms. The van der Waals surface area contributed by atoms with Crippen molar-refractivity contribution in [2.75, 3.05) is 0 Å². The van der Waals surface area contributed by atoms with Crippen LogP contribution >= 0.6 is 0 Å². The standard InChI is InChI=1S/C29H33.C9H15Si.C8H8.2ClH.Zr/c1-14-13-24-25(18(5)15(14)2)21(8)28-27-20(7)17(4)16(3)19(6)26(27)22-11-9-10-12-23(22)29(24)28;1-8-5-6-9(7-8)10(2,3)4;1-2-8-6-4-3-5-7-8;;;/h9-13,16-17,19,21H,1-8H3;6-8H,1-4H3;1,3-7H,2H2;2*1H;/q;;;;;+2/p-2. The number of aryl methyl sites for hydroxylation is 1. The monoisotopic (exact) mass is 796 g/mol. The van der Waals surface area contributed by atoms with E-state index in [0.717, 1.165) is 6.42 Å². The van der Waals surface area contributed by atoms with E-state index in [1.165, 1.54) is 38.6 Å². The zero-order chi connectivity index (χ0) is 34.4. The minimum Gasteiger partial charge on any atom is -1.00 e. The predicted molar refractivity (Wildman–Crippen MR) is 210 cm³/mol. The molecule has 0 aromatic heterocycles. The average molecular weight is 799 g/mol. The van der Waals surface area contributed by atoms with Crippen molar-refractivity contribution in [2.24, 2.45) is 17.8 Å². The zero-order valence-corrected chi connectivity index (χ0v) is 37.3. The second kappa shape index (κ2) is 14.2. The second-order valence-electron chi connectivity index (χ2n) is 17.0. The van der Waals surface area contributed by atoms with Crippen LogP contribution in [0.5, 0.6) is 0 Å². The number of hydrogen-bond acceptors (Lipinski definition) is 0. The molecule has 4 heteroatoms. The molecule has 3 aliphatic carbocycles. The third-order valence-electron chi connectivity index (χ3n) is 13.5. The van der Waals surface area contributed by atoms with Crippen LogP contribution in [-0.4, -0.2) is 11.8 Å². The van der Waals surface area contributed by atoms with Gasteiger partial charge in [-0.25, -0.2) is 0 Å². The summed E-state index contributed by atoms with van der Waals surface area (Å²) in [6.45, 7) is 30.3. The number of hydrogen-bond donors (Lipinski definition) is 0. The van der Waals surface area contributed by atoms with Crippen LogP contribution in [-0.2, 0) is 30.8 Å². The quantitative estimate of drug-likeness (QED) is 0.202. The first-order valence-electron chi connectivity index (χ1n) is 18.6. The van der Waals surface area contributed by atoms with Crippen LogP contribution in [0.3, 0.4) is 0 Å². The molecule has 0 saturated heterocycles. The van der Waals surface area contributed by atoms with Crippen LogP contribution in [0.1, 0.15) is 97.9 Å². The van der Waals surface area contributed by atoms with Gasteiger partial charge in [-0.05, 0) is 0 Å². The first-order chi connectivity index (χ1) is 22.7. The summed E-state index contributed by atoms with van der Waals surface area (Å²) in [4.78, 5) is 0. The molecule has 0 aliphatic heterocycles. The smallest absolute Gasteiger partial charge is 1.00 e. The van der Waals surface area contributed by atoms with Crippen molar-refractivity contribution in [3.8, 4) is 11.1 Å². The van der Waals surface area contributed by atoms with Crippen molar-refractivity contribution in [2.45, 2.75) is 103 Å². The van der Waals surface area contributed by atoms with Gasteiger partial charge in [0.1, 0.15) is 0 Å². The predicted octanol–water partition coefficient (Wildman–Crippen LogP) is 6.51. The molecule has 0 radical (unpaired) electrons. The van der Waals surface area contributed by atoms with E-state index in [2.05, 4.69) is 158 Å². The van der Waals surface area contributed by atoms with Gasteiger partial charge in [0, 0.05) is 0 Å². The van der Waals surface area contributed by atoms with Gasteiger partial charge in [0.25, 0.3) is 0 Å². The Morgan fingerprint density at radius 1 is 0.780 bits per heavy atom. The molecule has 0 heterocycles. The van der Waals surface area contributed by atoms with Gasteiger partial charge in [-0.3, -0.25) is 0 Å². The van der Waals surface area contributed by atoms with Gasteiger partial charge < -0.3 is 24.8 Å². The molecular weight excluding hydrogens is 743 g/mol. The molecule has 0 fully saturated rings. The maximum absolute atomic E-state index is 2.94. The second-order valence-corrected chi connectivity index (χ2v) is 29.0. The maximum atomic E-state index is 2.94. The molecule has 0 amide bonds. The van der Waals surface area contributed by atoms with E-state index in [0.29, 0.717) is 29.6 Å². The molecule has 0 saturated carbocycles. The molecule has 3 aliphatic rings. The Balaban J connectivity index is 0.00000243. The van der Waals surface area contributed by atoms with E-state index in [1.54, 1.807) is 33.0 Å². The van der Waals surface area contributed by atoms with E-state index in [4.69, 9.17) is 0 Å². The average Bonchev–Trinajstić information content (AvgIpc) is 3.59. The first kappa shape index (κ1) is 39.4. The summed E-state index contributed by atoms with van der Waals surface area (Å²) in [6.07, 6.45) is 6.52. The fourth-order valence-corrected chi connectivity index (χ4v) is 21.3. The van der Waals surface area contributed by atoms with E-state index in [9.17, 15) is 0 Å². The van der Waals surface area contributed by atoms with Crippen LogP contribution in [0.2, 0.25) is 19.6 Å². The molecule has 6 atom stereocenters. The molecule has 6 unspecified atom stereocenters. The van der Waals surface area contributed by atoms with Gasteiger partial charge in [0.05, 0.1) is 0 Å². The number of benzene rings is 4. The van der Waals surface area contributed by atoms with Gasteiger partial charge >= 0.3 is 302 Å². The van der Waals surface area contributed by atoms with Gasteiger partial charge in [0.2, 0.25) is 0 Å². The Hall–Kier alpha value is -1.83. The first-order valence-corrected chi connectivity index (χ1v) is 25.9. The van der Waals surface area contributed by atoms with Crippen molar-refractivity contribution in [3.05, 3.63) is 126 Å². The van der Waals surface area contributed by atoms with Gasteiger partial charge in [-0.1, -0.05) is 0 Å². The van der Waals surface area contributed by atoms with Crippen LogP contribution < -0.4 is 24.8 Å². The summed E-state index contributed by atoms with van der Waals surface area (Å²) >= 11 is -2.61. The normalized spacial score (nSPS) is 25.2. The SMILES string of the molecule is Cc1cc2c(c(C)c1C)C(C)c1c3c(c4ccccc4c1-2)C(C)C(C)C(C)[C]3(C)[Zr+2](=[CH]Cc1ccccc1)[C]1=CC([Si](C)(C)C)=CC1C.[Cl-].[Cl-]. The zero-order valence-electron chi connectivity index (χ0n) is 32.4. The third-order valence-corrected chi connectivity index (χ3v) is 24.5. The minimum atomic E-state index is -2.61. The Bertz CT molecular complexity index is 2060. The van der Waals surface area contributed by atoms with Crippen molar-refractivity contribution in [1.82, 2.24) is 0 Å². The summed E-state index contributed by atoms with van der Waals surface area (Å²) < 4.78 is 4.90. The third kappa shape index (κ3) is 5.92. The van der Waals surface area contributed by atoms with E-state index in [1.807, 2.05) is 3.28 Å². The summed E-state index contributed by atoms with van der Waals surface area (Å²) in [7, 11) is -1.45. The number of allylic oxidation sites excluding steroid dienone is 4. The van der Waals surface area contributed by atoms with Gasteiger partial charge in [-0.15, -0.1) is 0 Å². The summed E-state index contributed by atoms with van der Waals surface area (Å²) in [5.41, 5.74) is 15.6. The molecule has 4 aromatic rings. The Morgan fingerprint density at radius 3 is 2.02 bits per heavy atom. The molecule has 7 rings (SSSR count). The van der Waals surface area contributed by atoms with Crippen LogP contribution in [0, 0.1) is 38.5 Å². The van der Waals surface area contributed by atoms with Gasteiger partial charge in [-0.2, -0.15) is 0 Å².